The second-order valence-electron chi connectivity index (χ2n) is 3.52. The van der Waals surface area contributed by atoms with Crippen LogP contribution in [0.1, 0.15) is 32.6 Å². The van der Waals surface area contributed by atoms with Gasteiger partial charge in [0.15, 0.2) is 0 Å². The summed E-state index contributed by atoms with van der Waals surface area (Å²) < 4.78 is 5.00. The average molecular weight is 184 g/mol. The number of aldehydes is 1. The number of hydrogen-bond donors (Lipinski definition) is 0. The van der Waals surface area contributed by atoms with Gasteiger partial charge in [-0.05, 0) is 12.8 Å². The Kier molecular flexibility index (Phi) is 3.93. The van der Waals surface area contributed by atoms with E-state index in [1.807, 2.05) is 0 Å². The first kappa shape index (κ1) is 10.2. The third kappa shape index (κ3) is 3.17. The fraction of sp³-hybridized carbons (Fsp3) is 0.800. The lowest BCUT2D eigenvalue weighted by molar-refractivity contribution is -0.146. The predicted octanol–water partition coefficient (Wildman–Crippen LogP) is 1.55. The van der Waals surface area contributed by atoms with E-state index in [-0.39, 0.29) is 17.8 Å². The Bertz CT molecular complexity index is 189. The Morgan fingerprint density at radius 1 is 1.54 bits per heavy atom. The highest BCUT2D eigenvalue weighted by atomic mass is 16.5. The van der Waals surface area contributed by atoms with Crippen LogP contribution in [0.5, 0.6) is 0 Å². The summed E-state index contributed by atoms with van der Waals surface area (Å²) in [4.78, 5) is 21.4. The second-order valence-corrected chi connectivity index (χ2v) is 3.52. The summed E-state index contributed by atoms with van der Waals surface area (Å²) in [5.74, 6) is -0.369. The van der Waals surface area contributed by atoms with Crippen molar-refractivity contribution in [2.75, 3.05) is 6.61 Å². The molecule has 3 heteroatoms. The molecule has 0 radical (unpaired) electrons. The van der Waals surface area contributed by atoms with Gasteiger partial charge < -0.3 is 9.53 Å². The van der Waals surface area contributed by atoms with Gasteiger partial charge in [0.05, 0.1) is 12.5 Å². The molecule has 3 nitrogen and oxygen atoms in total. The van der Waals surface area contributed by atoms with Crippen LogP contribution in [0, 0.1) is 11.8 Å². The van der Waals surface area contributed by atoms with E-state index < -0.39 is 0 Å². The van der Waals surface area contributed by atoms with Gasteiger partial charge in [-0.25, -0.2) is 0 Å². The van der Waals surface area contributed by atoms with Crippen molar-refractivity contribution in [3.05, 3.63) is 0 Å². The van der Waals surface area contributed by atoms with Crippen molar-refractivity contribution in [1.29, 1.82) is 0 Å². The monoisotopic (exact) mass is 184 g/mol. The highest BCUT2D eigenvalue weighted by Crippen LogP contribution is 2.37. The first-order chi connectivity index (χ1) is 6.29. The minimum atomic E-state index is -0.187. The maximum atomic E-state index is 11.2. The van der Waals surface area contributed by atoms with E-state index in [4.69, 9.17) is 4.74 Å². The molecule has 74 valence electrons. The predicted molar refractivity (Wildman–Crippen MR) is 48.1 cm³/mol. The van der Waals surface area contributed by atoms with Gasteiger partial charge >= 0.3 is 5.97 Å². The molecule has 0 aromatic rings. The lowest BCUT2D eigenvalue weighted by atomic mass is 10.3. The van der Waals surface area contributed by atoms with Crippen molar-refractivity contribution in [1.82, 2.24) is 0 Å². The Hall–Kier alpha value is -0.860. The number of unbranched alkanes of at least 4 members (excludes halogenated alkanes) is 2. The minimum Gasteiger partial charge on any atom is -0.465 e. The second kappa shape index (κ2) is 5.00. The van der Waals surface area contributed by atoms with E-state index in [2.05, 4.69) is 6.92 Å². The third-order valence-electron chi connectivity index (χ3n) is 2.31. The molecule has 13 heavy (non-hydrogen) atoms. The van der Waals surface area contributed by atoms with Crippen molar-refractivity contribution in [3.8, 4) is 0 Å². The molecule has 0 spiro atoms. The zero-order chi connectivity index (χ0) is 9.68. The standard InChI is InChI=1S/C10H16O3/c1-2-3-4-5-13-10(12)9-6-8(9)7-11/h7-9H,2-6H2,1H3. The van der Waals surface area contributed by atoms with Gasteiger partial charge in [-0.15, -0.1) is 0 Å². The summed E-state index contributed by atoms with van der Waals surface area (Å²) in [5.41, 5.74) is 0. The number of carbonyl (C=O) groups excluding carboxylic acids is 2. The fourth-order valence-electron chi connectivity index (χ4n) is 1.27. The Labute approximate surface area is 78.5 Å². The molecule has 0 N–H and O–H groups in total. The molecule has 2 unspecified atom stereocenters. The molecule has 0 aromatic heterocycles. The molecule has 2 atom stereocenters. The van der Waals surface area contributed by atoms with Gasteiger partial charge in [-0.2, -0.15) is 0 Å². The zero-order valence-electron chi connectivity index (χ0n) is 7.99. The van der Waals surface area contributed by atoms with Crippen molar-refractivity contribution in [2.45, 2.75) is 32.6 Å². The molecule has 0 amide bonds. The van der Waals surface area contributed by atoms with E-state index >= 15 is 0 Å². The summed E-state index contributed by atoms with van der Waals surface area (Å²) in [7, 11) is 0. The van der Waals surface area contributed by atoms with Crippen molar-refractivity contribution in [2.24, 2.45) is 11.8 Å². The molecule has 1 saturated carbocycles. The molecule has 1 fully saturated rings. The highest BCUT2D eigenvalue weighted by Gasteiger charge is 2.44. The third-order valence-corrected chi connectivity index (χ3v) is 2.31. The molecule has 0 aliphatic heterocycles. The molecule has 1 aliphatic carbocycles. The minimum absolute atomic E-state index is 0.0568. The number of rotatable bonds is 6. The number of ether oxygens (including phenoxy) is 1. The summed E-state index contributed by atoms with van der Waals surface area (Å²) in [6.07, 6.45) is 4.68. The molecule has 0 heterocycles. The van der Waals surface area contributed by atoms with E-state index in [9.17, 15) is 9.59 Å². The van der Waals surface area contributed by atoms with E-state index in [0.29, 0.717) is 13.0 Å². The van der Waals surface area contributed by atoms with Crippen molar-refractivity contribution in [3.63, 3.8) is 0 Å². The maximum absolute atomic E-state index is 11.2. The van der Waals surface area contributed by atoms with Crippen LogP contribution in [0.25, 0.3) is 0 Å². The number of esters is 1. The molecule has 1 aliphatic rings. The first-order valence-corrected chi connectivity index (χ1v) is 4.91. The van der Waals surface area contributed by atoms with Gasteiger partial charge in [0, 0.05) is 5.92 Å². The number of carbonyl (C=O) groups is 2. The summed E-state index contributed by atoms with van der Waals surface area (Å²) >= 11 is 0. The van der Waals surface area contributed by atoms with Gasteiger partial charge in [-0.1, -0.05) is 19.8 Å². The van der Waals surface area contributed by atoms with Gasteiger partial charge in [0.25, 0.3) is 0 Å². The van der Waals surface area contributed by atoms with Crippen molar-refractivity contribution >= 4 is 12.3 Å². The quantitative estimate of drug-likeness (QED) is 0.357. The Morgan fingerprint density at radius 3 is 2.85 bits per heavy atom. The van der Waals surface area contributed by atoms with Crippen LogP contribution in [0.3, 0.4) is 0 Å². The smallest absolute Gasteiger partial charge is 0.309 e. The summed E-state index contributed by atoms with van der Waals surface area (Å²) in [6.45, 7) is 2.61. The van der Waals surface area contributed by atoms with Gasteiger partial charge in [0.2, 0.25) is 0 Å². The van der Waals surface area contributed by atoms with E-state index in [1.54, 1.807) is 0 Å². The Morgan fingerprint density at radius 2 is 2.31 bits per heavy atom. The van der Waals surface area contributed by atoms with Crippen molar-refractivity contribution < 1.29 is 14.3 Å². The van der Waals surface area contributed by atoms with Gasteiger partial charge in [-0.3, -0.25) is 4.79 Å². The lowest BCUT2D eigenvalue weighted by Crippen LogP contribution is -2.09. The first-order valence-electron chi connectivity index (χ1n) is 4.91. The largest absolute Gasteiger partial charge is 0.465 e. The highest BCUT2D eigenvalue weighted by molar-refractivity contribution is 5.81. The molecule has 0 saturated heterocycles. The SMILES string of the molecule is CCCCCOC(=O)C1CC1C=O. The van der Waals surface area contributed by atoms with Crippen LogP contribution in [-0.4, -0.2) is 18.9 Å². The van der Waals surface area contributed by atoms with Gasteiger partial charge in [0.1, 0.15) is 6.29 Å². The zero-order valence-corrected chi connectivity index (χ0v) is 7.99. The van der Waals surface area contributed by atoms with E-state index in [1.165, 1.54) is 0 Å². The van der Waals surface area contributed by atoms with Crippen LogP contribution in [0.2, 0.25) is 0 Å². The lowest BCUT2D eigenvalue weighted by Gasteiger charge is -2.02. The number of hydrogen-bond acceptors (Lipinski definition) is 3. The van der Waals surface area contributed by atoms with E-state index in [0.717, 1.165) is 25.5 Å². The normalized spacial score (nSPS) is 25.3. The molecular weight excluding hydrogens is 168 g/mol. The molecule has 1 rings (SSSR count). The van der Waals surface area contributed by atoms with Crippen LogP contribution in [0.15, 0.2) is 0 Å². The molecule has 0 aromatic carbocycles. The van der Waals surface area contributed by atoms with Crippen LogP contribution < -0.4 is 0 Å². The summed E-state index contributed by atoms with van der Waals surface area (Å²) in [5, 5.41) is 0. The molecular formula is C10H16O3. The average Bonchev–Trinajstić information content (AvgIpc) is 2.91. The maximum Gasteiger partial charge on any atom is 0.309 e. The Balaban J connectivity index is 2.02. The van der Waals surface area contributed by atoms with Crippen LogP contribution in [-0.2, 0) is 14.3 Å². The fourth-order valence-corrected chi connectivity index (χ4v) is 1.27. The topological polar surface area (TPSA) is 43.4 Å². The van der Waals surface area contributed by atoms with Crippen LogP contribution >= 0.6 is 0 Å². The summed E-state index contributed by atoms with van der Waals surface area (Å²) in [6, 6.07) is 0. The molecule has 0 bridgehead atoms. The van der Waals surface area contributed by atoms with Crippen LogP contribution in [0.4, 0.5) is 0 Å².